The number of amides is 1. The zero-order chi connectivity index (χ0) is 15.1. The maximum absolute atomic E-state index is 13.7. The maximum Gasteiger partial charge on any atom is 0.254 e. The fraction of sp³-hybridized carbons (Fsp3) is 0.533. The highest BCUT2D eigenvalue weighted by Gasteiger charge is 2.13. The number of hydrogen-bond donors (Lipinski definition) is 2. The van der Waals surface area contributed by atoms with Crippen molar-refractivity contribution in [3.8, 4) is 5.75 Å². The second-order valence-electron chi connectivity index (χ2n) is 5.05. The highest BCUT2D eigenvalue weighted by atomic mass is 35.5. The van der Waals surface area contributed by atoms with E-state index in [0.29, 0.717) is 12.3 Å². The van der Waals surface area contributed by atoms with Crippen molar-refractivity contribution in [3.05, 3.63) is 29.6 Å². The molecule has 5 nitrogen and oxygen atoms in total. The van der Waals surface area contributed by atoms with Crippen LogP contribution in [0.1, 0.15) is 16.8 Å². The smallest absolute Gasteiger partial charge is 0.254 e. The van der Waals surface area contributed by atoms with Crippen molar-refractivity contribution in [2.45, 2.75) is 6.42 Å². The zero-order valence-electron chi connectivity index (χ0n) is 12.7. The summed E-state index contributed by atoms with van der Waals surface area (Å²) >= 11 is 0. The molecule has 0 atom stereocenters. The van der Waals surface area contributed by atoms with Gasteiger partial charge in [0.15, 0.2) is 0 Å². The molecule has 2 N–H and O–H groups in total. The van der Waals surface area contributed by atoms with Crippen molar-refractivity contribution >= 4 is 18.3 Å². The Morgan fingerprint density at radius 1 is 1.41 bits per heavy atom. The normalized spacial score (nSPS) is 15.0. The Morgan fingerprint density at radius 2 is 2.14 bits per heavy atom. The predicted molar refractivity (Wildman–Crippen MR) is 86.5 cm³/mol. The lowest BCUT2D eigenvalue weighted by Crippen LogP contribution is -2.44. The number of hydrogen-bond acceptors (Lipinski definition) is 4. The summed E-state index contributed by atoms with van der Waals surface area (Å²) in [6.07, 6.45) is 0.865. The Hall–Kier alpha value is -1.37. The number of nitrogens with zero attached hydrogens (tertiary/aromatic N) is 1. The molecule has 0 saturated carbocycles. The first-order valence-electron chi connectivity index (χ1n) is 7.25. The number of carbonyl (C=O) groups excluding carboxylic acids is 1. The number of rotatable bonds is 6. The largest absolute Gasteiger partial charge is 0.497 e. The lowest BCUT2D eigenvalue weighted by atomic mass is 10.2. The average molecular weight is 332 g/mol. The van der Waals surface area contributed by atoms with Gasteiger partial charge in [0.2, 0.25) is 0 Å². The van der Waals surface area contributed by atoms with E-state index in [4.69, 9.17) is 4.74 Å². The molecule has 1 aromatic carbocycles. The summed E-state index contributed by atoms with van der Waals surface area (Å²) in [4.78, 5) is 14.3. The molecule has 0 spiro atoms. The monoisotopic (exact) mass is 331 g/mol. The lowest BCUT2D eigenvalue weighted by Gasteiger charge is -2.27. The van der Waals surface area contributed by atoms with Gasteiger partial charge in [-0.15, -0.1) is 12.4 Å². The molecule has 7 heteroatoms. The molecule has 1 amide bonds. The summed E-state index contributed by atoms with van der Waals surface area (Å²) in [5.74, 6) is -0.535. The number of nitrogens with one attached hydrogen (secondary N) is 2. The van der Waals surface area contributed by atoms with Gasteiger partial charge in [-0.25, -0.2) is 4.39 Å². The van der Waals surface area contributed by atoms with Crippen LogP contribution in [0.15, 0.2) is 18.2 Å². The number of benzene rings is 1. The molecule has 0 radical (unpaired) electrons. The molecule has 0 unspecified atom stereocenters. The second-order valence-corrected chi connectivity index (χ2v) is 5.05. The molecular formula is C15H23ClFN3O2. The Bertz CT molecular complexity index is 482. The maximum atomic E-state index is 13.7. The van der Waals surface area contributed by atoms with E-state index in [2.05, 4.69) is 15.5 Å². The van der Waals surface area contributed by atoms with Crippen LogP contribution >= 0.6 is 12.4 Å². The first kappa shape index (κ1) is 18.7. The predicted octanol–water partition coefficient (Wildman–Crippen LogP) is 1.28. The van der Waals surface area contributed by atoms with Gasteiger partial charge in [-0.05, 0) is 25.1 Å². The summed E-state index contributed by atoms with van der Waals surface area (Å²) in [6.45, 7) is 5.62. The number of halogens is 2. The minimum atomic E-state index is -0.561. The van der Waals surface area contributed by atoms with E-state index in [1.165, 1.54) is 19.2 Å². The van der Waals surface area contributed by atoms with Crippen LogP contribution in [-0.2, 0) is 0 Å². The van der Waals surface area contributed by atoms with E-state index in [0.717, 1.165) is 39.1 Å². The van der Waals surface area contributed by atoms with Crippen molar-refractivity contribution in [1.82, 2.24) is 15.5 Å². The Morgan fingerprint density at radius 3 is 2.77 bits per heavy atom. The molecule has 0 aromatic heterocycles. The summed E-state index contributed by atoms with van der Waals surface area (Å²) in [5.41, 5.74) is 0.0537. The van der Waals surface area contributed by atoms with Gasteiger partial charge >= 0.3 is 0 Å². The summed E-state index contributed by atoms with van der Waals surface area (Å²) < 4.78 is 18.6. The average Bonchev–Trinajstić information content (AvgIpc) is 2.52. The van der Waals surface area contributed by atoms with E-state index in [-0.39, 0.29) is 23.9 Å². The van der Waals surface area contributed by atoms with Gasteiger partial charge in [-0.3, -0.25) is 4.79 Å². The van der Waals surface area contributed by atoms with E-state index in [1.807, 2.05) is 0 Å². The molecule has 2 rings (SSSR count). The molecule has 1 fully saturated rings. The van der Waals surface area contributed by atoms with Gasteiger partial charge in [0.25, 0.3) is 5.91 Å². The van der Waals surface area contributed by atoms with Crippen molar-refractivity contribution in [2.75, 3.05) is 46.4 Å². The van der Waals surface area contributed by atoms with Crippen LogP contribution in [-0.4, -0.2) is 57.2 Å². The quantitative estimate of drug-likeness (QED) is 0.771. The number of ether oxygens (including phenoxy) is 1. The first-order chi connectivity index (χ1) is 10.2. The standard InChI is InChI=1S/C15H22FN3O2.ClH/c1-21-12-3-4-13(14(16)11-12)15(20)18-5-2-8-19-9-6-17-7-10-19;/h3-4,11,17H,2,5-10H2,1H3,(H,18,20);1H. The van der Waals surface area contributed by atoms with E-state index in [1.54, 1.807) is 6.07 Å². The van der Waals surface area contributed by atoms with Gasteiger partial charge in [0, 0.05) is 38.8 Å². The fourth-order valence-corrected chi connectivity index (χ4v) is 2.34. The van der Waals surface area contributed by atoms with Gasteiger partial charge in [-0.2, -0.15) is 0 Å². The molecule has 22 heavy (non-hydrogen) atoms. The van der Waals surface area contributed by atoms with Gasteiger partial charge < -0.3 is 20.3 Å². The van der Waals surface area contributed by atoms with E-state index < -0.39 is 5.82 Å². The van der Waals surface area contributed by atoms with Gasteiger partial charge in [0.05, 0.1) is 12.7 Å². The van der Waals surface area contributed by atoms with Crippen LogP contribution in [0.3, 0.4) is 0 Å². The highest BCUT2D eigenvalue weighted by Crippen LogP contribution is 2.16. The third kappa shape index (κ3) is 5.44. The molecule has 0 bridgehead atoms. The lowest BCUT2D eigenvalue weighted by molar-refractivity contribution is 0.0947. The number of methoxy groups -OCH3 is 1. The number of piperazine rings is 1. The summed E-state index contributed by atoms with van der Waals surface area (Å²) in [7, 11) is 1.46. The molecule has 124 valence electrons. The third-order valence-corrected chi connectivity index (χ3v) is 3.57. The van der Waals surface area contributed by atoms with Crippen molar-refractivity contribution < 1.29 is 13.9 Å². The first-order valence-corrected chi connectivity index (χ1v) is 7.25. The Labute approximate surface area is 136 Å². The van der Waals surface area contributed by atoms with Crippen LogP contribution in [0.25, 0.3) is 0 Å². The Kier molecular flexibility index (Phi) is 8.16. The van der Waals surface area contributed by atoms with Crippen LogP contribution in [0.5, 0.6) is 5.75 Å². The minimum Gasteiger partial charge on any atom is -0.497 e. The SMILES string of the molecule is COc1ccc(C(=O)NCCCN2CCNCC2)c(F)c1.Cl. The van der Waals surface area contributed by atoms with E-state index >= 15 is 0 Å². The molecule has 1 aromatic rings. The molecule has 1 aliphatic rings. The van der Waals surface area contributed by atoms with E-state index in [9.17, 15) is 9.18 Å². The molecule has 1 heterocycles. The van der Waals surface area contributed by atoms with Crippen molar-refractivity contribution in [2.24, 2.45) is 0 Å². The summed E-state index contributed by atoms with van der Waals surface area (Å²) in [5, 5.41) is 6.05. The Balaban J connectivity index is 0.00000242. The molecule has 0 aliphatic carbocycles. The molecule has 1 saturated heterocycles. The molecule has 1 aliphatic heterocycles. The zero-order valence-corrected chi connectivity index (χ0v) is 13.5. The number of carbonyl (C=O) groups is 1. The van der Waals surface area contributed by atoms with Crippen LogP contribution in [0, 0.1) is 5.82 Å². The van der Waals surface area contributed by atoms with Crippen LogP contribution in [0.2, 0.25) is 0 Å². The topological polar surface area (TPSA) is 53.6 Å². The second kappa shape index (κ2) is 9.61. The fourth-order valence-electron chi connectivity index (χ4n) is 2.34. The third-order valence-electron chi connectivity index (χ3n) is 3.57. The van der Waals surface area contributed by atoms with Gasteiger partial charge in [-0.1, -0.05) is 0 Å². The summed E-state index contributed by atoms with van der Waals surface area (Å²) in [6, 6.07) is 4.24. The minimum absolute atomic E-state index is 0. The van der Waals surface area contributed by atoms with Crippen LogP contribution < -0.4 is 15.4 Å². The van der Waals surface area contributed by atoms with Crippen LogP contribution in [0.4, 0.5) is 4.39 Å². The van der Waals surface area contributed by atoms with Gasteiger partial charge in [0.1, 0.15) is 11.6 Å². The van der Waals surface area contributed by atoms with Crippen molar-refractivity contribution in [1.29, 1.82) is 0 Å². The highest BCUT2D eigenvalue weighted by molar-refractivity contribution is 5.94. The molecular weight excluding hydrogens is 309 g/mol. The van der Waals surface area contributed by atoms with Crippen molar-refractivity contribution in [3.63, 3.8) is 0 Å².